The summed E-state index contributed by atoms with van der Waals surface area (Å²) in [6.07, 6.45) is 2.80. The zero-order chi connectivity index (χ0) is 22.3. The number of carbonyl (C=O) groups excluding carboxylic acids is 2. The fraction of sp³-hybridized carbons (Fsp3) is 0.320. The number of hydrogen-bond donors (Lipinski definition) is 1. The fourth-order valence-corrected chi connectivity index (χ4v) is 4.43. The number of anilines is 1. The molecule has 1 N–H and O–H groups in total. The van der Waals surface area contributed by atoms with Crippen molar-refractivity contribution in [3.05, 3.63) is 71.7 Å². The van der Waals surface area contributed by atoms with Crippen molar-refractivity contribution < 1.29 is 14.0 Å². The Hall–Kier alpha value is -3.06. The molecular weight excluding hydrogens is 422 g/mol. The minimum absolute atomic E-state index is 0.102. The van der Waals surface area contributed by atoms with Crippen LogP contribution >= 0.6 is 11.8 Å². The summed E-state index contributed by atoms with van der Waals surface area (Å²) in [6, 6.07) is 15.5. The SMILES string of the molecule is Cc1ccc(-c2cnc(CCC(=O)Nc3ccc(CC(=O)N4CCSCC4)cc3)o2)cc1. The molecule has 0 spiro atoms. The molecule has 166 valence electrons. The number of rotatable bonds is 7. The zero-order valence-electron chi connectivity index (χ0n) is 18.2. The maximum Gasteiger partial charge on any atom is 0.227 e. The molecule has 6 nitrogen and oxygen atoms in total. The molecule has 4 rings (SSSR count). The van der Waals surface area contributed by atoms with E-state index in [9.17, 15) is 9.59 Å². The van der Waals surface area contributed by atoms with E-state index in [4.69, 9.17) is 4.42 Å². The molecule has 2 aromatic carbocycles. The van der Waals surface area contributed by atoms with Crippen LogP contribution in [-0.4, -0.2) is 46.3 Å². The monoisotopic (exact) mass is 449 g/mol. The molecule has 2 amide bonds. The molecular formula is C25H27N3O3S. The van der Waals surface area contributed by atoms with Crippen molar-refractivity contribution in [1.29, 1.82) is 0 Å². The quantitative estimate of drug-likeness (QED) is 0.581. The lowest BCUT2D eigenvalue weighted by Gasteiger charge is -2.26. The molecule has 1 saturated heterocycles. The summed E-state index contributed by atoms with van der Waals surface area (Å²) < 4.78 is 5.78. The van der Waals surface area contributed by atoms with Gasteiger partial charge in [0.1, 0.15) is 0 Å². The van der Waals surface area contributed by atoms with Gasteiger partial charge in [0.05, 0.1) is 12.6 Å². The molecule has 1 fully saturated rings. The Morgan fingerprint density at radius 1 is 1.06 bits per heavy atom. The van der Waals surface area contributed by atoms with Crippen LogP contribution in [0.1, 0.15) is 23.4 Å². The highest BCUT2D eigenvalue weighted by molar-refractivity contribution is 7.99. The first kappa shape index (κ1) is 22.1. The van der Waals surface area contributed by atoms with Crippen molar-refractivity contribution in [2.45, 2.75) is 26.2 Å². The molecule has 2 heterocycles. The van der Waals surface area contributed by atoms with Crippen LogP contribution in [0.5, 0.6) is 0 Å². The van der Waals surface area contributed by atoms with Crippen LogP contribution in [0.15, 0.2) is 59.1 Å². The molecule has 0 bridgehead atoms. The molecule has 1 aromatic heterocycles. The largest absolute Gasteiger partial charge is 0.441 e. The van der Waals surface area contributed by atoms with Gasteiger partial charge in [-0.3, -0.25) is 9.59 Å². The number of hydrogen-bond acceptors (Lipinski definition) is 5. The first-order valence-electron chi connectivity index (χ1n) is 10.8. The lowest BCUT2D eigenvalue weighted by atomic mass is 10.1. The molecule has 0 saturated carbocycles. The van der Waals surface area contributed by atoms with Crippen molar-refractivity contribution >= 4 is 29.3 Å². The number of amides is 2. The van der Waals surface area contributed by atoms with Crippen LogP contribution < -0.4 is 5.32 Å². The smallest absolute Gasteiger partial charge is 0.227 e. The number of nitrogens with one attached hydrogen (secondary N) is 1. The van der Waals surface area contributed by atoms with Crippen LogP contribution in [-0.2, 0) is 22.4 Å². The predicted molar refractivity (Wildman–Crippen MR) is 128 cm³/mol. The Morgan fingerprint density at radius 3 is 2.50 bits per heavy atom. The van der Waals surface area contributed by atoms with Gasteiger partial charge in [-0.2, -0.15) is 11.8 Å². The summed E-state index contributed by atoms with van der Waals surface area (Å²) in [5.41, 5.74) is 3.82. The maximum absolute atomic E-state index is 12.4. The van der Waals surface area contributed by atoms with Gasteiger partial charge in [0.2, 0.25) is 11.8 Å². The third kappa shape index (κ3) is 6.01. The molecule has 0 unspecified atom stereocenters. The predicted octanol–water partition coefficient (Wildman–Crippen LogP) is 4.34. The summed E-state index contributed by atoms with van der Waals surface area (Å²) in [5, 5.41) is 2.89. The third-order valence-electron chi connectivity index (χ3n) is 5.41. The molecule has 32 heavy (non-hydrogen) atoms. The maximum atomic E-state index is 12.4. The van der Waals surface area contributed by atoms with Crippen LogP contribution in [0.2, 0.25) is 0 Å². The molecule has 0 atom stereocenters. The Morgan fingerprint density at radius 2 is 1.78 bits per heavy atom. The van der Waals surface area contributed by atoms with E-state index in [1.807, 2.05) is 72.1 Å². The van der Waals surface area contributed by atoms with Gasteiger partial charge >= 0.3 is 0 Å². The number of carbonyl (C=O) groups is 2. The highest BCUT2D eigenvalue weighted by atomic mass is 32.2. The highest BCUT2D eigenvalue weighted by Crippen LogP contribution is 2.21. The van der Waals surface area contributed by atoms with E-state index in [-0.39, 0.29) is 18.2 Å². The van der Waals surface area contributed by atoms with Gasteiger partial charge in [0.15, 0.2) is 11.7 Å². The number of nitrogens with zero attached hydrogens (tertiary/aromatic N) is 2. The van der Waals surface area contributed by atoms with Crippen LogP contribution in [0.4, 0.5) is 5.69 Å². The van der Waals surface area contributed by atoms with Gasteiger partial charge < -0.3 is 14.6 Å². The molecule has 0 aliphatic carbocycles. The fourth-order valence-electron chi connectivity index (χ4n) is 3.53. The zero-order valence-corrected chi connectivity index (χ0v) is 19.0. The molecule has 0 radical (unpaired) electrons. The summed E-state index contributed by atoms with van der Waals surface area (Å²) >= 11 is 1.89. The van der Waals surface area contributed by atoms with Crippen molar-refractivity contribution in [3.8, 4) is 11.3 Å². The van der Waals surface area contributed by atoms with E-state index in [1.165, 1.54) is 5.56 Å². The standard InChI is InChI=1S/C25H27N3O3S/c1-18-2-6-20(7-3-18)22-17-26-24(31-22)11-10-23(29)27-21-8-4-19(5-9-21)16-25(30)28-12-14-32-15-13-28/h2-9,17H,10-16H2,1H3,(H,27,29). The minimum Gasteiger partial charge on any atom is -0.441 e. The number of thioether (sulfide) groups is 1. The van der Waals surface area contributed by atoms with Gasteiger partial charge in [-0.15, -0.1) is 0 Å². The van der Waals surface area contributed by atoms with E-state index in [1.54, 1.807) is 6.20 Å². The Balaban J connectivity index is 1.24. The summed E-state index contributed by atoms with van der Waals surface area (Å²) in [6.45, 7) is 3.69. The second kappa shape index (κ2) is 10.5. The first-order chi connectivity index (χ1) is 15.6. The number of benzene rings is 2. The number of aromatic nitrogens is 1. The Kier molecular flexibility index (Phi) is 7.27. The highest BCUT2D eigenvalue weighted by Gasteiger charge is 2.17. The molecule has 7 heteroatoms. The van der Waals surface area contributed by atoms with Gasteiger partial charge in [-0.1, -0.05) is 42.0 Å². The first-order valence-corrected chi connectivity index (χ1v) is 12.0. The second-order valence-electron chi connectivity index (χ2n) is 7.90. The summed E-state index contributed by atoms with van der Waals surface area (Å²) in [5.74, 6) is 3.33. The Bertz CT molecular complexity index is 1050. The van der Waals surface area contributed by atoms with E-state index in [0.717, 1.165) is 35.7 Å². The average molecular weight is 450 g/mol. The minimum atomic E-state index is -0.102. The van der Waals surface area contributed by atoms with Crippen molar-refractivity contribution in [2.75, 3.05) is 29.9 Å². The van der Waals surface area contributed by atoms with E-state index >= 15 is 0 Å². The summed E-state index contributed by atoms with van der Waals surface area (Å²) in [7, 11) is 0. The van der Waals surface area contributed by atoms with Crippen LogP contribution in [0, 0.1) is 6.92 Å². The van der Waals surface area contributed by atoms with E-state index < -0.39 is 0 Å². The summed E-state index contributed by atoms with van der Waals surface area (Å²) in [4.78, 5) is 30.9. The van der Waals surface area contributed by atoms with Gasteiger partial charge in [0, 0.05) is 48.7 Å². The van der Waals surface area contributed by atoms with Crippen molar-refractivity contribution in [3.63, 3.8) is 0 Å². The topological polar surface area (TPSA) is 75.4 Å². The van der Waals surface area contributed by atoms with Gasteiger partial charge in [0.25, 0.3) is 0 Å². The van der Waals surface area contributed by atoms with E-state index in [0.29, 0.717) is 30.2 Å². The third-order valence-corrected chi connectivity index (χ3v) is 6.35. The number of oxazole rings is 1. The van der Waals surface area contributed by atoms with Crippen LogP contribution in [0.25, 0.3) is 11.3 Å². The van der Waals surface area contributed by atoms with Gasteiger partial charge in [-0.25, -0.2) is 4.98 Å². The lowest BCUT2D eigenvalue weighted by Crippen LogP contribution is -2.38. The molecule has 1 aliphatic heterocycles. The second-order valence-corrected chi connectivity index (χ2v) is 9.12. The molecule has 3 aromatic rings. The average Bonchev–Trinajstić information content (AvgIpc) is 3.29. The Labute approximate surface area is 192 Å². The van der Waals surface area contributed by atoms with Crippen molar-refractivity contribution in [2.24, 2.45) is 0 Å². The lowest BCUT2D eigenvalue weighted by molar-refractivity contribution is -0.130. The van der Waals surface area contributed by atoms with Crippen LogP contribution in [0.3, 0.4) is 0 Å². The normalized spacial score (nSPS) is 13.7. The van der Waals surface area contributed by atoms with Gasteiger partial charge in [-0.05, 0) is 24.6 Å². The number of aryl methyl sites for hydroxylation is 2. The van der Waals surface area contributed by atoms with E-state index in [2.05, 4.69) is 10.3 Å². The van der Waals surface area contributed by atoms with Crippen molar-refractivity contribution in [1.82, 2.24) is 9.88 Å². The molecule has 1 aliphatic rings.